The van der Waals surface area contributed by atoms with Crippen LogP contribution in [0.2, 0.25) is 0 Å². The molecule has 0 saturated carbocycles. The van der Waals surface area contributed by atoms with Crippen LogP contribution < -0.4 is 4.74 Å². The number of pyridine rings is 1. The van der Waals surface area contributed by atoms with Crippen LogP contribution >= 0.6 is 0 Å². The first kappa shape index (κ1) is 20.4. The molecular formula is C22H31N3O3. The summed E-state index contributed by atoms with van der Waals surface area (Å²) in [6, 6.07) is 8.18. The Morgan fingerprint density at radius 3 is 2.61 bits per heavy atom. The number of ether oxygens (including phenoxy) is 2. The van der Waals surface area contributed by atoms with Crippen LogP contribution in [-0.2, 0) is 11.3 Å². The van der Waals surface area contributed by atoms with Gasteiger partial charge in [-0.25, -0.2) is 4.79 Å². The maximum atomic E-state index is 11.9. The summed E-state index contributed by atoms with van der Waals surface area (Å²) in [5, 5.41) is 1.08. The van der Waals surface area contributed by atoms with Crippen molar-refractivity contribution >= 4 is 17.0 Å². The number of para-hydroxylation sites is 1. The van der Waals surface area contributed by atoms with Crippen LogP contribution in [0.25, 0.3) is 10.9 Å². The van der Waals surface area contributed by atoms with Crippen molar-refractivity contribution in [1.29, 1.82) is 0 Å². The molecule has 0 unspecified atom stereocenters. The Balaban J connectivity index is 1.74. The Morgan fingerprint density at radius 2 is 1.89 bits per heavy atom. The molecule has 152 valence electrons. The Bertz CT molecular complexity index is 801. The zero-order valence-electron chi connectivity index (χ0n) is 17.2. The minimum atomic E-state index is -0.214. The standard InChI is InChI=1S/C22H31N3O3/c1-4-6-15-28-21-17(3)20(23-19-10-8-7-9-18(19)21)16-24-11-13-25(14-12-24)22(26)27-5-2/h7-10H,4-6,11-16H2,1-3H3. The molecule has 1 aromatic carbocycles. The van der Waals surface area contributed by atoms with E-state index < -0.39 is 0 Å². The molecule has 1 fully saturated rings. The Hall–Kier alpha value is -2.34. The van der Waals surface area contributed by atoms with Crippen molar-refractivity contribution in [3.05, 3.63) is 35.5 Å². The van der Waals surface area contributed by atoms with Gasteiger partial charge in [-0.3, -0.25) is 9.88 Å². The number of unbranched alkanes of at least 4 members (excludes halogenated alkanes) is 1. The molecule has 0 radical (unpaired) electrons. The second kappa shape index (κ2) is 9.73. The number of fused-ring (bicyclic) bond motifs is 1. The van der Waals surface area contributed by atoms with E-state index in [-0.39, 0.29) is 6.09 Å². The van der Waals surface area contributed by atoms with E-state index >= 15 is 0 Å². The lowest BCUT2D eigenvalue weighted by Crippen LogP contribution is -2.48. The summed E-state index contributed by atoms with van der Waals surface area (Å²) < 4.78 is 11.3. The first-order valence-electron chi connectivity index (χ1n) is 10.3. The highest BCUT2D eigenvalue weighted by atomic mass is 16.6. The van der Waals surface area contributed by atoms with Gasteiger partial charge in [-0.05, 0) is 32.4 Å². The van der Waals surface area contributed by atoms with E-state index in [1.165, 1.54) is 0 Å². The highest BCUT2D eigenvalue weighted by Gasteiger charge is 2.23. The summed E-state index contributed by atoms with van der Waals surface area (Å²) in [6.07, 6.45) is 1.94. The molecule has 6 nitrogen and oxygen atoms in total. The van der Waals surface area contributed by atoms with E-state index in [4.69, 9.17) is 14.5 Å². The number of rotatable bonds is 7. The average Bonchev–Trinajstić information content (AvgIpc) is 2.71. The molecule has 0 spiro atoms. The van der Waals surface area contributed by atoms with Crippen LogP contribution in [0.4, 0.5) is 4.79 Å². The number of piperazine rings is 1. The lowest BCUT2D eigenvalue weighted by atomic mass is 10.1. The van der Waals surface area contributed by atoms with E-state index in [0.29, 0.717) is 19.7 Å². The molecule has 2 heterocycles. The van der Waals surface area contributed by atoms with Crippen molar-refractivity contribution in [1.82, 2.24) is 14.8 Å². The Labute approximate surface area is 167 Å². The topological polar surface area (TPSA) is 54.9 Å². The zero-order chi connectivity index (χ0) is 19.9. The molecule has 3 rings (SSSR count). The zero-order valence-corrected chi connectivity index (χ0v) is 17.2. The number of carbonyl (C=O) groups excluding carboxylic acids is 1. The molecule has 28 heavy (non-hydrogen) atoms. The lowest BCUT2D eigenvalue weighted by molar-refractivity contribution is 0.0775. The van der Waals surface area contributed by atoms with Crippen LogP contribution in [0.5, 0.6) is 5.75 Å². The predicted molar refractivity (Wildman–Crippen MR) is 111 cm³/mol. The van der Waals surface area contributed by atoms with Crippen LogP contribution in [0, 0.1) is 6.92 Å². The van der Waals surface area contributed by atoms with Crippen LogP contribution in [0.3, 0.4) is 0 Å². The van der Waals surface area contributed by atoms with Crippen molar-refractivity contribution in [2.45, 2.75) is 40.2 Å². The van der Waals surface area contributed by atoms with Gasteiger partial charge in [0, 0.05) is 43.7 Å². The number of hydrogen-bond donors (Lipinski definition) is 0. The first-order chi connectivity index (χ1) is 13.6. The highest BCUT2D eigenvalue weighted by Crippen LogP contribution is 2.31. The number of aromatic nitrogens is 1. The van der Waals surface area contributed by atoms with Gasteiger partial charge in [0.05, 0.1) is 24.4 Å². The SMILES string of the molecule is CCCCOc1c(C)c(CN2CCN(C(=O)OCC)CC2)nc2ccccc12. The third kappa shape index (κ3) is 4.73. The second-order valence-corrected chi connectivity index (χ2v) is 7.19. The van der Waals surface area contributed by atoms with E-state index in [9.17, 15) is 4.79 Å². The summed E-state index contributed by atoms with van der Waals surface area (Å²) in [5.74, 6) is 0.958. The first-order valence-corrected chi connectivity index (χ1v) is 10.3. The van der Waals surface area contributed by atoms with Crippen LogP contribution in [0.15, 0.2) is 24.3 Å². The fourth-order valence-electron chi connectivity index (χ4n) is 3.50. The number of nitrogens with zero attached hydrogens (tertiary/aromatic N) is 3. The van der Waals surface area contributed by atoms with Crippen LogP contribution in [-0.4, -0.2) is 60.3 Å². The number of carbonyl (C=O) groups is 1. The molecule has 0 bridgehead atoms. The number of amides is 1. The van der Waals surface area contributed by atoms with Crippen LogP contribution in [0.1, 0.15) is 37.9 Å². The normalized spacial score (nSPS) is 15.0. The maximum Gasteiger partial charge on any atom is 0.409 e. The Morgan fingerprint density at radius 1 is 1.14 bits per heavy atom. The molecule has 1 aromatic heterocycles. The fraction of sp³-hybridized carbons (Fsp3) is 0.545. The molecule has 2 aromatic rings. The van der Waals surface area contributed by atoms with Crippen molar-refractivity contribution in [2.75, 3.05) is 39.4 Å². The van der Waals surface area contributed by atoms with Crippen molar-refractivity contribution < 1.29 is 14.3 Å². The quantitative estimate of drug-likeness (QED) is 0.675. The van der Waals surface area contributed by atoms with Crippen molar-refractivity contribution in [3.8, 4) is 5.75 Å². The molecule has 0 aliphatic carbocycles. The molecule has 1 amide bonds. The smallest absolute Gasteiger partial charge is 0.409 e. The molecular weight excluding hydrogens is 354 g/mol. The van der Waals surface area contributed by atoms with Gasteiger partial charge in [0.1, 0.15) is 5.75 Å². The van der Waals surface area contributed by atoms with Gasteiger partial charge < -0.3 is 14.4 Å². The summed E-state index contributed by atoms with van der Waals surface area (Å²) in [6.45, 7) is 11.0. The predicted octanol–water partition coefficient (Wildman–Crippen LogP) is 4.00. The summed E-state index contributed by atoms with van der Waals surface area (Å²) in [7, 11) is 0. The molecule has 0 N–H and O–H groups in total. The summed E-state index contributed by atoms with van der Waals surface area (Å²) in [5.41, 5.74) is 3.14. The molecule has 1 aliphatic rings. The fourth-order valence-corrected chi connectivity index (χ4v) is 3.50. The monoisotopic (exact) mass is 385 g/mol. The minimum Gasteiger partial charge on any atom is -0.493 e. The third-order valence-electron chi connectivity index (χ3n) is 5.19. The van der Waals surface area contributed by atoms with Gasteiger partial charge in [0.25, 0.3) is 0 Å². The molecule has 1 saturated heterocycles. The van der Waals surface area contributed by atoms with Gasteiger partial charge in [-0.2, -0.15) is 0 Å². The van der Waals surface area contributed by atoms with E-state index in [0.717, 1.165) is 67.0 Å². The highest BCUT2D eigenvalue weighted by molar-refractivity contribution is 5.86. The Kier molecular flexibility index (Phi) is 7.09. The van der Waals surface area contributed by atoms with E-state index in [1.54, 1.807) is 4.90 Å². The van der Waals surface area contributed by atoms with Crippen molar-refractivity contribution in [2.24, 2.45) is 0 Å². The van der Waals surface area contributed by atoms with Gasteiger partial charge >= 0.3 is 6.09 Å². The maximum absolute atomic E-state index is 11.9. The minimum absolute atomic E-state index is 0.214. The molecule has 6 heteroatoms. The van der Waals surface area contributed by atoms with E-state index in [2.05, 4.69) is 24.8 Å². The largest absolute Gasteiger partial charge is 0.493 e. The third-order valence-corrected chi connectivity index (χ3v) is 5.19. The average molecular weight is 386 g/mol. The molecule has 1 aliphatic heterocycles. The van der Waals surface area contributed by atoms with Gasteiger partial charge in [-0.1, -0.05) is 25.5 Å². The molecule has 0 atom stereocenters. The second-order valence-electron chi connectivity index (χ2n) is 7.19. The van der Waals surface area contributed by atoms with Crippen molar-refractivity contribution in [3.63, 3.8) is 0 Å². The van der Waals surface area contributed by atoms with E-state index in [1.807, 2.05) is 25.1 Å². The van der Waals surface area contributed by atoms with Gasteiger partial charge in [0.2, 0.25) is 0 Å². The summed E-state index contributed by atoms with van der Waals surface area (Å²) >= 11 is 0. The number of hydrogen-bond acceptors (Lipinski definition) is 5. The van der Waals surface area contributed by atoms with Gasteiger partial charge in [0.15, 0.2) is 0 Å². The van der Waals surface area contributed by atoms with Gasteiger partial charge in [-0.15, -0.1) is 0 Å². The number of benzene rings is 1. The summed E-state index contributed by atoms with van der Waals surface area (Å²) in [4.78, 5) is 20.9. The lowest BCUT2D eigenvalue weighted by Gasteiger charge is -2.34.